The van der Waals surface area contributed by atoms with Crippen LogP contribution in [0.4, 0.5) is 0 Å². The van der Waals surface area contributed by atoms with E-state index >= 15 is 0 Å². The second kappa shape index (κ2) is 6.53. The largest absolute Gasteiger partial charge is 0.497 e. The van der Waals surface area contributed by atoms with Crippen LogP contribution in [-0.2, 0) is 6.61 Å². The summed E-state index contributed by atoms with van der Waals surface area (Å²) in [4.78, 5) is 15.5. The lowest BCUT2D eigenvalue weighted by molar-refractivity contribution is 0.0948. The predicted molar refractivity (Wildman–Crippen MR) is 73.2 cm³/mol. The minimum absolute atomic E-state index is 0.253. The molecule has 0 radical (unpaired) electrons. The number of nitrogens with two attached hydrogens (primary N) is 1. The predicted octanol–water partition coefficient (Wildman–Crippen LogP) is 1.27. The van der Waals surface area contributed by atoms with E-state index in [9.17, 15) is 4.79 Å². The summed E-state index contributed by atoms with van der Waals surface area (Å²) >= 11 is 0. The first-order chi connectivity index (χ1) is 9.72. The van der Waals surface area contributed by atoms with Gasteiger partial charge in [0.05, 0.1) is 12.8 Å². The van der Waals surface area contributed by atoms with Crippen LogP contribution >= 0.6 is 0 Å². The smallest absolute Gasteiger partial charge is 0.283 e. The summed E-state index contributed by atoms with van der Waals surface area (Å²) in [6, 6.07) is 12.3. The molecule has 6 heteroatoms. The van der Waals surface area contributed by atoms with Gasteiger partial charge in [-0.25, -0.2) is 10.8 Å². The minimum Gasteiger partial charge on any atom is -0.497 e. The highest BCUT2D eigenvalue weighted by molar-refractivity contribution is 5.91. The number of pyridine rings is 1. The third-order valence-electron chi connectivity index (χ3n) is 2.62. The number of hydrogen-bond acceptors (Lipinski definition) is 5. The van der Waals surface area contributed by atoms with E-state index in [1.165, 1.54) is 0 Å². The Hall–Kier alpha value is -2.60. The van der Waals surface area contributed by atoms with Crippen molar-refractivity contribution >= 4 is 5.91 Å². The van der Waals surface area contributed by atoms with Gasteiger partial charge in [0.1, 0.15) is 23.8 Å². The van der Waals surface area contributed by atoms with Crippen LogP contribution in [0, 0.1) is 0 Å². The maximum atomic E-state index is 11.4. The number of carbonyl (C=O) groups is 1. The molecule has 2 aromatic rings. The number of aromatic nitrogens is 1. The van der Waals surface area contributed by atoms with Gasteiger partial charge in [0.25, 0.3) is 5.91 Å². The van der Waals surface area contributed by atoms with E-state index in [4.69, 9.17) is 15.3 Å². The Morgan fingerprint density at radius 2 is 1.90 bits per heavy atom. The molecule has 0 saturated carbocycles. The zero-order chi connectivity index (χ0) is 14.4. The minimum atomic E-state index is -0.434. The Morgan fingerprint density at radius 1 is 1.20 bits per heavy atom. The summed E-state index contributed by atoms with van der Waals surface area (Å²) in [6.07, 6.45) is 0. The highest BCUT2D eigenvalue weighted by Gasteiger charge is 2.06. The lowest BCUT2D eigenvalue weighted by atomic mass is 10.3. The van der Waals surface area contributed by atoms with Crippen molar-refractivity contribution in [2.45, 2.75) is 6.61 Å². The van der Waals surface area contributed by atoms with Crippen molar-refractivity contribution < 1.29 is 14.3 Å². The van der Waals surface area contributed by atoms with Gasteiger partial charge in [0, 0.05) is 0 Å². The van der Waals surface area contributed by atoms with Crippen LogP contribution in [-0.4, -0.2) is 18.0 Å². The first-order valence-electron chi connectivity index (χ1n) is 5.96. The molecule has 104 valence electrons. The van der Waals surface area contributed by atoms with Crippen molar-refractivity contribution in [1.82, 2.24) is 10.4 Å². The van der Waals surface area contributed by atoms with E-state index in [0.717, 1.165) is 5.75 Å². The number of hydrogen-bond donors (Lipinski definition) is 2. The van der Waals surface area contributed by atoms with Crippen LogP contribution < -0.4 is 20.7 Å². The number of amides is 1. The molecule has 6 nitrogen and oxygen atoms in total. The molecule has 0 saturated heterocycles. The fourth-order valence-corrected chi connectivity index (χ4v) is 1.59. The third kappa shape index (κ3) is 3.46. The first-order valence-corrected chi connectivity index (χ1v) is 5.96. The second-order valence-electron chi connectivity index (χ2n) is 3.95. The summed E-state index contributed by atoms with van der Waals surface area (Å²) in [7, 11) is 1.60. The Morgan fingerprint density at radius 3 is 2.55 bits per heavy atom. The molecule has 1 aromatic carbocycles. The summed E-state index contributed by atoms with van der Waals surface area (Å²) in [6.45, 7) is 0.262. The molecular formula is C14H15N3O3. The highest BCUT2D eigenvalue weighted by atomic mass is 16.5. The molecule has 2 rings (SSSR count). The Kier molecular flexibility index (Phi) is 4.52. The van der Waals surface area contributed by atoms with Gasteiger partial charge in [-0.1, -0.05) is 6.07 Å². The topological polar surface area (TPSA) is 86.5 Å². The van der Waals surface area contributed by atoms with E-state index in [1.54, 1.807) is 49.6 Å². The number of carbonyl (C=O) groups excluding carboxylic acids is 1. The summed E-state index contributed by atoms with van der Waals surface area (Å²) in [5.74, 6) is 6.09. The molecular weight excluding hydrogens is 258 g/mol. The van der Waals surface area contributed by atoms with E-state index in [2.05, 4.69) is 4.98 Å². The number of nitrogens with one attached hydrogen (secondary N) is 1. The summed E-state index contributed by atoms with van der Waals surface area (Å²) < 4.78 is 10.6. The molecule has 1 heterocycles. The number of benzene rings is 1. The number of ether oxygens (including phenoxy) is 2. The van der Waals surface area contributed by atoms with Gasteiger partial charge in [-0.05, 0) is 36.4 Å². The van der Waals surface area contributed by atoms with Crippen LogP contribution in [0.25, 0.3) is 0 Å². The van der Waals surface area contributed by atoms with Gasteiger partial charge in [-0.15, -0.1) is 0 Å². The van der Waals surface area contributed by atoms with E-state index in [1.807, 2.05) is 5.43 Å². The molecule has 0 fully saturated rings. The summed E-state index contributed by atoms with van der Waals surface area (Å²) in [5.41, 5.74) is 2.93. The van der Waals surface area contributed by atoms with Crippen molar-refractivity contribution in [3.05, 3.63) is 53.9 Å². The standard InChI is InChI=1S/C14H15N3O3/c1-19-11-5-7-12(8-6-11)20-9-10-3-2-4-13(16-10)14(18)17-15/h2-8H,9,15H2,1H3,(H,17,18). The Bertz CT molecular complexity index is 584. The fraction of sp³-hybridized carbons (Fsp3) is 0.143. The monoisotopic (exact) mass is 273 g/mol. The zero-order valence-electron chi connectivity index (χ0n) is 11.0. The van der Waals surface area contributed by atoms with Crippen molar-refractivity contribution in [3.63, 3.8) is 0 Å². The van der Waals surface area contributed by atoms with Crippen LogP contribution in [0.15, 0.2) is 42.5 Å². The molecule has 3 N–H and O–H groups in total. The number of rotatable bonds is 5. The van der Waals surface area contributed by atoms with E-state index in [-0.39, 0.29) is 12.3 Å². The highest BCUT2D eigenvalue weighted by Crippen LogP contribution is 2.17. The maximum Gasteiger partial charge on any atom is 0.283 e. The van der Waals surface area contributed by atoms with Crippen LogP contribution in [0.1, 0.15) is 16.2 Å². The molecule has 0 spiro atoms. The van der Waals surface area contributed by atoms with Crippen LogP contribution in [0.3, 0.4) is 0 Å². The first kappa shape index (κ1) is 13.8. The van der Waals surface area contributed by atoms with E-state index < -0.39 is 5.91 Å². The normalized spacial score (nSPS) is 9.90. The van der Waals surface area contributed by atoms with Gasteiger partial charge in [0.15, 0.2) is 0 Å². The molecule has 20 heavy (non-hydrogen) atoms. The molecule has 0 unspecified atom stereocenters. The van der Waals surface area contributed by atoms with Gasteiger partial charge < -0.3 is 9.47 Å². The number of nitrogens with zero attached hydrogens (tertiary/aromatic N) is 1. The number of methoxy groups -OCH3 is 1. The van der Waals surface area contributed by atoms with Gasteiger partial charge in [0.2, 0.25) is 0 Å². The van der Waals surface area contributed by atoms with Gasteiger partial charge in [-0.2, -0.15) is 0 Å². The van der Waals surface area contributed by atoms with Crippen LogP contribution in [0.5, 0.6) is 11.5 Å². The maximum absolute atomic E-state index is 11.4. The SMILES string of the molecule is COc1ccc(OCc2cccc(C(=O)NN)n2)cc1. The zero-order valence-corrected chi connectivity index (χ0v) is 11.0. The quantitative estimate of drug-likeness (QED) is 0.487. The van der Waals surface area contributed by atoms with Crippen molar-refractivity contribution in [1.29, 1.82) is 0 Å². The van der Waals surface area contributed by atoms with Gasteiger partial charge in [-0.3, -0.25) is 10.2 Å². The average molecular weight is 273 g/mol. The fourth-order valence-electron chi connectivity index (χ4n) is 1.59. The van der Waals surface area contributed by atoms with Crippen LogP contribution in [0.2, 0.25) is 0 Å². The molecule has 0 aliphatic carbocycles. The summed E-state index contributed by atoms with van der Waals surface area (Å²) in [5, 5.41) is 0. The molecule has 0 atom stereocenters. The molecule has 0 aliphatic heterocycles. The average Bonchev–Trinajstić information content (AvgIpc) is 2.53. The van der Waals surface area contributed by atoms with Crippen molar-refractivity contribution in [2.75, 3.05) is 7.11 Å². The van der Waals surface area contributed by atoms with Crippen molar-refractivity contribution in [2.24, 2.45) is 5.84 Å². The third-order valence-corrected chi connectivity index (χ3v) is 2.62. The Balaban J connectivity index is 2.01. The van der Waals surface area contributed by atoms with Gasteiger partial charge >= 0.3 is 0 Å². The molecule has 1 amide bonds. The number of hydrazine groups is 1. The lowest BCUT2D eigenvalue weighted by Crippen LogP contribution is -2.30. The molecule has 0 bridgehead atoms. The molecule has 0 aliphatic rings. The van der Waals surface area contributed by atoms with E-state index in [0.29, 0.717) is 11.4 Å². The van der Waals surface area contributed by atoms with Crippen molar-refractivity contribution in [3.8, 4) is 11.5 Å². The molecule has 1 aromatic heterocycles. The number of nitrogen functional groups attached to an aromatic ring is 1. The lowest BCUT2D eigenvalue weighted by Gasteiger charge is -2.07. The Labute approximate surface area is 116 Å². The second-order valence-corrected chi connectivity index (χ2v) is 3.95.